The van der Waals surface area contributed by atoms with Gasteiger partial charge in [0.2, 0.25) is 0 Å². The summed E-state index contributed by atoms with van der Waals surface area (Å²) in [5.41, 5.74) is 0.298. The molecule has 0 saturated heterocycles. The van der Waals surface area contributed by atoms with E-state index in [4.69, 9.17) is 0 Å². The fraction of sp³-hybridized carbons (Fsp3) is 0.600. The molecule has 0 heterocycles. The van der Waals surface area contributed by atoms with Gasteiger partial charge in [0.15, 0.2) is 0 Å². The van der Waals surface area contributed by atoms with Gasteiger partial charge in [0.05, 0.1) is 5.56 Å². The molecule has 19 heavy (non-hydrogen) atoms. The molecule has 4 heteroatoms. The number of hydrogen-bond donors (Lipinski definition) is 1. The van der Waals surface area contributed by atoms with Crippen LogP contribution in [0.3, 0.4) is 0 Å². The number of alkyl halides is 3. The van der Waals surface area contributed by atoms with Gasteiger partial charge in [0.1, 0.15) is 0 Å². The molecule has 1 aliphatic rings. The van der Waals surface area contributed by atoms with Crippen LogP contribution in [-0.4, -0.2) is 13.1 Å². The molecule has 1 aliphatic carbocycles. The maximum atomic E-state index is 12.7. The topological polar surface area (TPSA) is 12.0 Å². The molecule has 106 valence electrons. The highest BCUT2D eigenvalue weighted by molar-refractivity contribution is 5.28. The van der Waals surface area contributed by atoms with Crippen molar-refractivity contribution in [3.05, 3.63) is 35.4 Å². The lowest BCUT2D eigenvalue weighted by Crippen LogP contribution is -2.25. The first-order valence-electron chi connectivity index (χ1n) is 6.85. The normalized spacial score (nSPS) is 25.1. The third kappa shape index (κ3) is 3.72. The lowest BCUT2D eigenvalue weighted by atomic mass is 9.89. The summed E-state index contributed by atoms with van der Waals surface area (Å²) >= 11 is 0. The van der Waals surface area contributed by atoms with Crippen molar-refractivity contribution >= 4 is 0 Å². The minimum absolute atomic E-state index is 0.238. The van der Waals surface area contributed by atoms with E-state index in [0.29, 0.717) is 6.04 Å². The summed E-state index contributed by atoms with van der Waals surface area (Å²) in [7, 11) is 1.93. The van der Waals surface area contributed by atoms with E-state index in [0.717, 1.165) is 43.7 Å². The summed E-state index contributed by atoms with van der Waals surface area (Å²) < 4.78 is 38.2. The average Bonchev–Trinajstić information content (AvgIpc) is 2.63. The summed E-state index contributed by atoms with van der Waals surface area (Å²) in [5, 5.41) is 3.27. The van der Waals surface area contributed by atoms with Crippen LogP contribution in [-0.2, 0) is 6.18 Å². The van der Waals surface area contributed by atoms with Crippen LogP contribution in [0.15, 0.2) is 24.3 Å². The van der Waals surface area contributed by atoms with Gasteiger partial charge in [-0.3, -0.25) is 0 Å². The van der Waals surface area contributed by atoms with E-state index in [2.05, 4.69) is 5.32 Å². The first-order chi connectivity index (χ1) is 9.00. The van der Waals surface area contributed by atoms with Crippen LogP contribution >= 0.6 is 0 Å². The standard InChI is InChI=1S/C15H20F3N/c1-19-14-8-3-2-5-12(10-14)11-6-4-7-13(9-11)15(16,17)18/h4,6-7,9,12,14,19H,2-3,5,8,10H2,1H3. The van der Waals surface area contributed by atoms with Crippen molar-refractivity contribution in [3.8, 4) is 0 Å². The molecule has 0 radical (unpaired) electrons. The van der Waals surface area contributed by atoms with Crippen LogP contribution < -0.4 is 5.32 Å². The van der Waals surface area contributed by atoms with Crippen LogP contribution in [0.5, 0.6) is 0 Å². The SMILES string of the molecule is CNC1CCCCC(c2cccc(C(F)(F)F)c2)C1. The third-order valence-electron chi connectivity index (χ3n) is 4.02. The highest BCUT2D eigenvalue weighted by Gasteiger charge is 2.31. The number of benzene rings is 1. The Morgan fingerprint density at radius 2 is 1.89 bits per heavy atom. The van der Waals surface area contributed by atoms with Gasteiger partial charge in [0, 0.05) is 6.04 Å². The zero-order chi connectivity index (χ0) is 13.9. The molecule has 1 aromatic carbocycles. The largest absolute Gasteiger partial charge is 0.416 e. The van der Waals surface area contributed by atoms with E-state index in [1.54, 1.807) is 0 Å². The quantitative estimate of drug-likeness (QED) is 0.789. The molecule has 2 atom stereocenters. The second kappa shape index (κ2) is 5.95. The molecule has 2 unspecified atom stereocenters. The average molecular weight is 271 g/mol. The Morgan fingerprint density at radius 1 is 1.16 bits per heavy atom. The Labute approximate surface area is 112 Å². The van der Waals surface area contributed by atoms with Gasteiger partial charge in [-0.25, -0.2) is 0 Å². The minimum Gasteiger partial charge on any atom is -0.317 e. The zero-order valence-corrected chi connectivity index (χ0v) is 11.1. The van der Waals surface area contributed by atoms with Gasteiger partial charge >= 0.3 is 6.18 Å². The predicted molar refractivity (Wildman–Crippen MR) is 70.1 cm³/mol. The van der Waals surface area contributed by atoms with Gasteiger partial charge in [0.25, 0.3) is 0 Å². The van der Waals surface area contributed by atoms with Crippen LogP contribution in [0.4, 0.5) is 13.2 Å². The Balaban J connectivity index is 2.20. The van der Waals surface area contributed by atoms with Gasteiger partial charge in [-0.15, -0.1) is 0 Å². The molecule has 1 N–H and O–H groups in total. The van der Waals surface area contributed by atoms with Crippen LogP contribution in [0.1, 0.15) is 49.1 Å². The fourth-order valence-electron chi connectivity index (χ4n) is 2.89. The molecule has 1 saturated carbocycles. The van der Waals surface area contributed by atoms with Crippen LogP contribution in [0.2, 0.25) is 0 Å². The Bertz CT molecular complexity index is 414. The Morgan fingerprint density at radius 3 is 2.58 bits per heavy atom. The molecule has 0 bridgehead atoms. The van der Waals surface area contributed by atoms with E-state index in [1.165, 1.54) is 12.1 Å². The van der Waals surface area contributed by atoms with E-state index in [-0.39, 0.29) is 5.92 Å². The Hall–Kier alpha value is -1.03. The first-order valence-corrected chi connectivity index (χ1v) is 6.85. The highest BCUT2D eigenvalue weighted by atomic mass is 19.4. The van der Waals surface area contributed by atoms with Crippen molar-refractivity contribution in [2.24, 2.45) is 0 Å². The first kappa shape index (κ1) is 14.4. The minimum atomic E-state index is -4.25. The second-order valence-corrected chi connectivity index (χ2v) is 5.33. The maximum Gasteiger partial charge on any atom is 0.416 e. The smallest absolute Gasteiger partial charge is 0.317 e. The van der Waals surface area contributed by atoms with E-state index in [1.807, 2.05) is 13.1 Å². The number of halogens is 3. The molecule has 0 amide bonds. The summed E-state index contributed by atoms with van der Waals surface area (Å²) in [5.74, 6) is 0.238. The molecular weight excluding hydrogens is 251 g/mol. The van der Waals surface area contributed by atoms with E-state index < -0.39 is 11.7 Å². The van der Waals surface area contributed by atoms with E-state index >= 15 is 0 Å². The van der Waals surface area contributed by atoms with Gasteiger partial charge in [-0.1, -0.05) is 31.0 Å². The third-order valence-corrected chi connectivity index (χ3v) is 4.02. The molecule has 1 nitrogen and oxygen atoms in total. The monoisotopic (exact) mass is 271 g/mol. The van der Waals surface area contributed by atoms with Crippen molar-refractivity contribution in [2.45, 2.75) is 50.2 Å². The van der Waals surface area contributed by atoms with Crippen molar-refractivity contribution in [1.82, 2.24) is 5.32 Å². The summed E-state index contributed by atoms with van der Waals surface area (Å²) in [6, 6.07) is 6.25. The molecule has 0 spiro atoms. The number of hydrogen-bond acceptors (Lipinski definition) is 1. The lowest BCUT2D eigenvalue weighted by molar-refractivity contribution is -0.137. The van der Waals surface area contributed by atoms with Crippen molar-refractivity contribution in [3.63, 3.8) is 0 Å². The summed E-state index contributed by atoms with van der Waals surface area (Å²) in [4.78, 5) is 0. The summed E-state index contributed by atoms with van der Waals surface area (Å²) in [6.07, 6.45) is 1.03. The molecule has 0 aliphatic heterocycles. The molecule has 0 aromatic heterocycles. The number of rotatable bonds is 2. The van der Waals surface area contributed by atoms with Crippen LogP contribution in [0, 0.1) is 0 Å². The molecule has 1 fully saturated rings. The molecular formula is C15H20F3N. The van der Waals surface area contributed by atoms with E-state index in [9.17, 15) is 13.2 Å². The summed E-state index contributed by atoms with van der Waals surface area (Å²) in [6.45, 7) is 0. The fourth-order valence-corrected chi connectivity index (χ4v) is 2.89. The van der Waals surface area contributed by atoms with Gasteiger partial charge in [-0.2, -0.15) is 13.2 Å². The van der Waals surface area contributed by atoms with Gasteiger partial charge in [-0.05, 0) is 43.9 Å². The van der Waals surface area contributed by atoms with Crippen molar-refractivity contribution in [1.29, 1.82) is 0 Å². The van der Waals surface area contributed by atoms with Gasteiger partial charge < -0.3 is 5.32 Å². The zero-order valence-electron chi connectivity index (χ0n) is 11.1. The molecule has 2 rings (SSSR count). The predicted octanol–water partition coefficient (Wildman–Crippen LogP) is 4.34. The molecule has 1 aromatic rings. The maximum absolute atomic E-state index is 12.7. The second-order valence-electron chi connectivity index (χ2n) is 5.33. The highest BCUT2D eigenvalue weighted by Crippen LogP contribution is 2.35. The number of nitrogens with one attached hydrogen (secondary N) is 1. The van der Waals surface area contributed by atoms with Crippen LogP contribution in [0.25, 0.3) is 0 Å². The van der Waals surface area contributed by atoms with Crippen molar-refractivity contribution < 1.29 is 13.2 Å². The Kier molecular flexibility index (Phi) is 4.50. The lowest BCUT2D eigenvalue weighted by Gasteiger charge is -2.20. The van der Waals surface area contributed by atoms with Crippen molar-refractivity contribution in [2.75, 3.05) is 7.05 Å².